The molecule has 0 saturated heterocycles. The molecule has 0 bridgehead atoms. The second-order valence-electron chi connectivity index (χ2n) is 10.0. The minimum absolute atomic E-state index is 0.0154. The number of hydrogen-bond donors (Lipinski definition) is 1. The van der Waals surface area contributed by atoms with E-state index in [9.17, 15) is 14.4 Å². The van der Waals surface area contributed by atoms with Crippen molar-refractivity contribution in [3.05, 3.63) is 119 Å². The molecule has 1 N–H and O–H groups in total. The molecule has 0 radical (unpaired) electrons. The van der Waals surface area contributed by atoms with Gasteiger partial charge in [0.25, 0.3) is 11.8 Å². The van der Waals surface area contributed by atoms with E-state index in [1.807, 2.05) is 50.4 Å². The van der Waals surface area contributed by atoms with Gasteiger partial charge in [0.2, 0.25) is 0 Å². The Bertz CT molecular complexity index is 1550. The summed E-state index contributed by atoms with van der Waals surface area (Å²) in [7, 11) is 0. The van der Waals surface area contributed by atoms with Gasteiger partial charge in [0, 0.05) is 28.5 Å². The molecule has 1 aliphatic rings. The molecule has 0 aliphatic carbocycles. The lowest BCUT2D eigenvalue weighted by atomic mass is 10.1. The van der Waals surface area contributed by atoms with Gasteiger partial charge < -0.3 is 9.30 Å². The molecule has 8 heteroatoms. The van der Waals surface area contributed by atoms with Crippen LogP contribution in [0.1, 0.15) is 45.7 Å². The molecule has 3 aromatic carbocycles. The number of imide groups is 1. The molecule has 5 rings (SSSR count). The average Bonchev–Trinajstić information content (AvgIpc) is 3.43. The van der Waals surface area contributed by atoms with Crippen molar-refractivity contribution in [1.82, 2.24) is 15.0 Å². The molecular weight excluding hydrogens is 514 g/mol. The highest BCUT2D eigenvalue weighted by Crippen LogP contribution is 2.30. The zero-order valence-corrected chi connectivity index (χ0v) is 22.4. The first-order chi connectivity index (χ1) is 18.7. The summed E-state index contributed by atoms with van der Waals surface area (Å²) in [5.74, 6) is -1.62. The van der Waals surface area contributed by atoms with Crippen LogP contribution in [0.25, 0.3) is 10.9 Å². The highest BCUT2D eigenvalue weighted by molar-refractivity contribution is 6.30. The number of nitrogens with one attached hydrogen (secondary N) is 1. The number of nitrogens with zero attached hydrogens (tertiary/aromatic N) is 2. The number of rotatable bonds is 9. The SMILES string of the molecule is C=CC(C)(C)n1cc(C[C@H](NN2C(=O)c3ccccc3C2=O)C(=O)OCc2ccc(Cl)cc2)c2ccccc21. The maximum absolute atomic E-state index is 13.5. The number of aromatic nitrogens is 1. The topological polar surface area (TPSA) is 80.6 Å². The van der Waals surface area contributed by atoms with Gasteiger partial charge in [0.15, 0.2) is 0 Å². The number of hydrogen-bond acceptors (Lipinski definition) is 5. The third-order valence-electron chi connectivity index (χ3n) is 7.00. The van der Waals surface area contributed by atoms with Gasteiger partial charge >= 0.3 is 5.97 Å². The number of allylic oxidation sites excluding steroid dienone is 1. The molecule has 2 heterocycles. The van der Waals surface area contributed by atoms with Crippen LogP contribution in [-0.4, -0.2) is 33.4 Å². The van der Waals surface area contributed by atoms with E-state index in [0.29, 0.717) is 5.02 Å². The molecule has 1 aromatic heterocycles. The Morgan fingerprint density at radius 2 is 1.62 bits per heavy atom. The summed E-state index contributed by atoms with van der Waals surface area (Å²) in [5, 5.41) is 2.44. The molecular formula is C31H28ClN3O4. The van der Waals surface area contributed by atoms with Crippen molar-refractivity contribution in [1.29, 1.82) is 0 Å². The Morgan fingerprint density at radius 1 is 1.00 bits per heavy atom. The molecule has 4 aromatic rings. The van der Waals surface area contributed by atoms with Crippen LogP contribution in [0.4, 0.5) is 0 Å². The fraction of sp³-hybridized carbons (Fsp3) is 0.194. The van der Waals surface area contributed by atoms with Crippen molar-refractivity contribution in [2.24, 2.45) is 0 Å². The lowest BCUT2D eigenvalue weighted by molar-refractivity contribution is -0.148. The number of hydrazine groups is 1. The molecule has 2 amide bonds. The predicted octanol–water partition coefficient (Wildman–Crippen LogP) is 5.67. The minimum atomic E-state index is -1.02. The third-order valence-corrected chi connectivity index (χ3v) is 7.25. The fourth-order valence-electron chi connectivity index (χ4n) is 4.69. The van der Waals surface area contributed by atoms with Gasteiger partial charge in [0.05, 0.1) is 16.7 Å². The first kappa shape index (κ1) is 26.4. The van der Waals surface area contributed by atoms with Gasteiger partial charge in [-0.25, -0.2) is 10.4 Å². The Hall–Kier alpha value is -4.20. The number of benzene rings is 3. The Morgan fingerprint density at radius 3 is 2.26 bits per heavy atom. The van der Waals surface area contributed by atoms with E-state index >= 15 is 0 Å². The molecule has 0 spiro atoms. The number of para-hydroxylation sites is 1. The van der Waals surface area contributed by atoms with Crippen molar-refractivity contribution < 1.29 is 19.1 Å². The number of ether oxygens (including phenoxy) is 1. The molecule has 1 atom stereocenters. The minimum Gasteiger partial charge on any atom is -0.460 e. The van der Waals surface area contributed by atoms with Gasteiger partial charge in [-0.1, -0.05) is 60.1 Å². The first-order valence-electron chi connectivity index (χ1n) is 12.6. The number of halogens is 1. The number of fused-ring (bicyclic) bond motifs is 2. The van der Waals surface area contributed by atoms with Crippen LogP contribution in [0.15, 0.2) is 91.6 Å². The molecule has 39 heavy (non-hydrogen) atoms. The zero-order chi connectivity index (χ0) is 27.7. The van der Waals surface area contributed by atoms with Crippen LogP contribution < -0.4 is 5.43 Å². The Kier molecular flexibility index (Phi) is 7.12. The van der Waals surface area contributed by atoms with Crippen molar-refractivity contribution in [3.8, 4) is 0 Å². The van der Waals surface area contributed by atoms with E-state index in [2.05, 4.69) is 16.6 Å². The van der Waals surface area contributed by atoms with E-state index in [1.54, 1.807) is 48.5 Å². The van der Waals surface area contributed by atoms with E-state index in [-0.39, 0.29) is 24.2 Å². The van der Waals surface area contributed by atoms with Crippen LogP contribution in [0.3, 0.4) is 0 Å². The summed E-state index contributed by atoms with van der Waals surface area (Å²) in [5.41, 5.74) is 5.67. The zero-order valence-electron chi connectivity index (χ0n) is 21.7. The van der Waals surface area contributed by atoms with Crippen LogP contribution in [0.2, 0.25) is 5.02 Å². The van der Waals surface area contributed by atoms with Crippen molar-refractivity contribution in [2.75, 3.05) is 0 Å². The highest BCUT2D eigenvalue weighted by atomic mass is 35.5. The standard InChI is InChI=1S/C31H28ClN3O4/c1-4-31(2,3)34-18-21(23-9-7-8-12-27(23)34)17-26(30(38)39-19-20-13-15-22(32)16-14-20)33-35-28(36)24-10-5-6-11-25(24)29(35)37/h4-16,18,26,33H,1,17,19H2,2-3H3/t26-/m0/s1. The summed E-state index contributed by atoms with van der Waals surface area (Å²) < 4.78 is 7.75. The van der Waals surface area contributed by atoms with Crippen LogP contribution >= 0.6 is 11.6 Å². The summed E-state index contributed by atoms with van der Waals surface area (Å²) >= 11 is 5.97. The summed E-state index contributed by atoms with van der Waals surface area (Å²) in [6.07, 6.45) is 4.02. The van der Waals surface area contributed by atoms with Crippen LogP contribution in [0.5, 0.6) is 0 Å². The third kappa shape index (κ3) is 5.11. The lowest BCUT2D eigenvalue weighted by Crippen LogP contribution is -2.52. The number of esters is 1. The number of carbonyl (C=O) groups is 3. The smallest absolute Gasteiger partial charge is 0.325 e. The largest absolute Gasteiger partial charge is 0.460 e. The van der Waals surface area contributed by atoms with E-state index in [1.165, 1.54) is 0 Å². The van der Waals surface area contributed by atoms with Gasteiger partial charge in [-0.15, -0.1) is 6.58 Å². The molecule has 198 valence electrons. The molecule has 0 unspecified atom stereocenters. The normalized spacial score (nSPS) is 14.0. The quantitative estimate of drug-likeness (QED) is 0.168. The second kappa shape index (κ2) is 10.5. The Labute approximate surface area is 231 Å². The summed E-state index contributed by atoms with van der Waals surface area (Å²) in [6.45, 7) is 8.09. The maximum Gasteiger partial charge on any atom is 0.325 e. The van der Waals surface area contributed by atoms with Crippen molar-refractivity contribution in [2.45, 2.75) is 38.5 Å². The molecule has 0 saturated carbocycles. The maximum atomic E-state index is 13.5. The molecule has 1 aliphatic heterocycles. The number of carbonyl (C=O) groups excluding carboxylic acids is 3. The summed E-state index contributed by atoms with van der Waals surface area (Å²) in [4.78, 5) is 39.6. The van der Waals surface area contributed by atoms with Gasteiger partial charge in [0.1, 0.15) is 12.6 Å². The van der Waals surface area contributed by atoms with Crippen LogP contribution in [0, 0.1) is 0 Å². The van der Waals surface area contributed by atoms with Crippen LogP contribution in [-0.2, 0) is 28.1 Å². The molecule has 0 fully saturated rings. The second-order valence-corrected chi connectivity index (χ2v) is 10.4. The van der Waals surface area contributed by atoms with Gasteiger partial charge in [-0.3, -0.25) is 14.4 Å². The highest BCUT2D eigenvalue weighted by Gasteiger charge is 2.38. The van der Waals surface area contributed by atoms with Crippen molar-refractivity contribution in [3.63, 3.8) is 0 Å². The predicted molar refractivity (Wildman–Crippen MR) is 150 cm³/mol. The Balaban J connectivity index is 1.47. The number of amides is 2. The monoisotopic (exact) mass is 541 g/mol. The van der Waals surface area contributed by atoms with E-state index in [0.717, 1.165) is 27.0 Å². The molecule has 7 nitrogen and oxygen atoms in total. The van der Waals surface area contributed by atoms with Gasteiger partial charge in [-0.2, -0.15) is 0 Å². The fourth-order valence-corrected chi connectivity index (χ4v) is 4.81. The van der Waals surface area contributed by atoms with Crippen molar-refractivity contribution >= 4 is 40.3 Å². The summed E-state index contributed by atoms with van der Waals surface area (Å²) in [6, 6.07) is 20.4. The van der Waals surface area contributed by atoms with E-state index < -0.39 is 29.4 Å². The lowest BCUT2D eigenvalue weighted by Gasteiger charge is -2.24. The average molecular weight is 542 g/mol. The van der Waals surface area contributed by atoms with E-state index in [4.69, 9.17) is 16.3 Å². The van der Waals surface area contributed by atoms with Gasteiger partial charge in [-0.05, 0) is 55.3 Å². The first-order valence-corrected chi connectivity index (χ1v) is 13.0.